The molecule has 2 atom stereocenters. The first kappa shape index (κ1) is 16.8. The van der Waals surface area contributed by atoms with E-state index in [1.165, 1.54) is 35.2 Å². The van der Waals surface area contributed by atoms with Gasteiger partial charge >= 0.3 is 0 Å². The van der Waals surface area contributed by atoms with Crippen LogP contribution in [0.3, 0.4) is 0 Å². The summed E-state index contributed by atoms with van der Waals surface area (Å²) in [4.78, 5) is 2.58. The Morgan fingerprint density at radius 3 is 2.52 bits per heavy atom. The molecule has 0 spiro atoms. The Kier molecular flexibility index (Phi) is 6.12. The Balaban J connectivity index is 2.14. The Bertz CT molecular complexity index is 449. The molecule has 0 amide bonds. The highest BCUT2D eigenvalue weighted by Crippen LogP contribution is 2.31. The van der Waals surface area contributed by atoms with E-state index in [1.807, 2.05) is 0 Å². The number of hydrogen-bond donors (Lipinski definition) is 1. The van der Waals surface area contributed by atoms with Crippen LogP contribution in [0.15, 0.2) is 22.7 Å². The van der Waals surface area contributed by atoms with Crippen molar-refractivity contribution in [3.05, 3.63) is 28.2 Å². The molecule has 0 aromatic heterocycles. The Hall–Kier alpha value is -0.540. The fourth-order valence-electron chi connectivity index (χ4n) is 3.34. The summed E-state index contributed by atoms with van der Waals surface area (Å²) < 4.78 is 1.18. The van der Waals surface area contributed by atoms with Gasteiger partial charge in [-0.2, -0.15) is 0 Å². The lowest BCUT2D eigenvalue weighted by Crippen LogP contribution is -2.39. The maximum absolute atomic E-state index is 3.64. The molecule has 3 heteroatoms. The molecule has 2 unspecified atom stereocenters. The maximum atomic E-state index is 3.64. The van der Waals surface area contributed by atoms with E-state index in [4.69, 9.17) is 0 Å². The third-order valence-corrected chi connectivity index (χ3v) is 4.62. The van der Waals surface area contributed by atoms with E-state index in [0.29, 0.717) is 5.92 Å². The van der Waals surface area contributed by atoms with Crippen molar-refractivity contribution in [1.29, 1.82) is 0 Å². The number of halogens is 1. The first-order valence-corrected chi connectivity index (χ1v) is 8.99. The minimum absolute atomic E-state index is 0.693. The van der Waals surface area contributed by atoms with Gasteiger partial charge in [-0.15, -0.1) is 0 Å². The number of benzene rings is 1. The maximum Gasteiger partial charge on any atom is 0.0423 e. The van der Waals surface area contributed by atoms with Gasteiger partial charge < -0.3 is 10.2 Å². The molecule has 1 aliphatic heterocycles. The zero-order valence-corrected chi connectivity index (χ0v) is 15.4. The highest BCUT2D eigenvalue weighted by molar-refractivity contribution is 9.10. The van der Waals surface area contributed by atoms with Gasteiger partial charge in [-0.1, -0.05) is 49.7 Å². The summed E-state index contributed by atoms with van der Waals surface area (Å²) in [5.74, 6) is 2.26. The van der Waals surface area contributed by atoms with Gasteiger partial charge in [0.2, 0.25) is 0 Å². The van der Waals surface area contributed by atoms with Gasteiger partial charge in [0, 0.05) is 29.8 Å². The van der Waals surface area contributed by atoms with Crippen molar-refractivity contribution in [3.63, 3.8) is 0 Å². The summed E-state index contributed by atoms with van der Waals surface area (Å²) in [7, 11) is 0. The summed E-state index contributed by atoms with van der Waals surface area (Å²) in [6.07, 6.45) is 1.35. The first-order valence-electron chi connectivity index (χ1n) is 8.19. The lowest BCUT2D eigenvalue weighted by molar-refractivity contribution is 0.356. The van der Waals surface area contributed by atoms with Gasteiger partial charge in [0.1, 0.15) is 0 Å². The van der Waals surface area contributed by atoms with Crippen molar-refractivity contribution in [2.45, 2.75) is 40.7 Å². The molecule has 1 heterocycles. The van der Waals surface area contributed by atoms with Crippen LogP contribution in [-0.2, 0) is 6.54 Å². The van der Waals surface area contributed by atoms with E-state index < -0.39 is 0 Å². The average molecular weight is 353 g/mol. The van der Waals surface area contributed by atoms with Crippen molar-refractivity contribution in [3.8, 4) is 0 Å². The normalized spacial score (nSPS) is 22.9. The summed E-state index contributed by atoms with van der Waals surface area (Å²) in [5, 5.41) is 3.58. The topological polar surface area (TPSA) is 15.3 Å². The standard InChI is InChI=1S/C18H29BrN2/c1-13(2)9-20-10-16-5-6-17(19)8-18(16)21-11-14(3)7-15(4)12-21/h5-6,8,13-15,20H,7,9-12H2,1-4H3. The molecular formula is C18H29BrN2. The number of rotatable bonds is 5. The van der Waals surface area contributed by atoms with Gasteiger partial charge in [-0.25, -0.2) is 0 Å². The van der Waals surface area contributed by atoms with Crippen LogP contribution in [0, 0.1) is 17.8 Å². The van der Waals surface area contributed by atoms with Crippen LogP contribution in [0.25, 0.3) is 0 Å². The second-order valence-corrected chi connectivity index (χ2v) is 8.06. The lowest BCUT2D eigenvalue weighted by atomic mass is 9.91. The second-order valence-electron chi connectivity index (χ2n) is 7.15. The van der Waals surface area contributed by atoms with Crippen LogP contribution in [0.1, 0.15) is 39.7 Å². The largest absolute Gasteiger partial charge is 0.371 e. The van der Waals surface area contributed by atoms with Crippen molar-refractivity contribution in [2.24, 2.45) is 17.8 Å². The Labute approximate surface area is 138 Å². The predicted molar refractivity (Wildman–Crippen MR) is 95.8 cm³/mol. The third-order valence-electron chi connectivity index (χ3n) is 4.12. The quantitative estimate of drug-likeness (QED) is 0.827. The van der Waals surface area contributed by atoms with E-state index in [0.717, 1.165) is 24.9 Å². The van der Waals surface area contributed by atoms with Crippen LogP contribution in [0.2, 0.25) is 0 Å². The molecule has 2 nitrogen and oxygen atoms in total. The molecule has 1 aliphatic rings. The zero-order chi connectivity index (χ0) is 15.4. The summed E-state index contributed by atoms with van der Waals surface area (Å²) in [6, 6.07) is 6.71. The van der Waals surface area contributed by atoms with Gasteiger partial charge in [-0.05, 0) is 48.4 Å². The van der Waals surface area contributed by atoms with Crippen LogP contribution < -0.4 is 10.2 Å². The van der Waals surface area contributed by atoms with Crippen LogP contribution in [-0.4, -0.2) is 19.6 Å². The third kappa shape index (κ3) is 5.00. The van der Waals surface area contributed by atoms with E-state index in [-0.39, 0.29) is 0 Å². The SMILES string of the molecule is CC(C)CNCc1ccc(Br)cc1N1CC(C)CC(C)C1. The van der Waals surface area contributed by atoms with Gasteiger partial charge in [0.25, 0.3) is 0 Å². The molecule has 1 saturated heterocycles. The molecule has 118 valence electrons. The number of nitrogens with one attached hydrogen (secondary N) is 1. The molecule has 0 bridgehead atoms. The van der Waals surface area contributed by atoms with E-state index in [1.54, 1.807) is 0 Å². The van der Waals surface area contributed by atoms with Gasteiger partial charge in [-0.3, -0.25) is 0 Å². The minimum atomic E-state index is 0.693. The monoisotopic (exact) mass is 352 g/mol. The molecule has 0 aliphatic carbocycles. The fraction of sp³-hybridized carbons (Fsp3) is 0.667. The molecular weight excluding hydrogens is 324 g/mol. The average Bonchev–Trinajstić information content (AvgIpc) is 2.39. The fourth-order valence-corrected chi connectivity index (χ4v) is 3.69. The minimum Gasteiger partial charge on any atom is -0.371 e. The number of nitrogens with zero attached hydrogens (tertiary/aromatic N) is 1. The van der Waals surface area contributed by atoms with Crippen LogP contribution in [0.5, 0.6) is 0 Å². The molecule has 2 rings (SSSR count). The molecule has 1 fully saturated rings. The van der Waals surface area contributed by atoms with Crippen molar-refractivity contribution in [2.75, 3.05) is 24.5 Å². The molecule has 0 radical (unpaired) electrons. The van der Waals surface area contributed by atoms with Crippen LogP contribution in [0.4, 0.5) is 5.69 Å². The van der Waals surface area contributed by atoms with Crippen molar-refractivity contribution >= 4 is 21.6 Å². The van der Waals surface area contributed by atoms with E-state index in [2.05, 4.69) is 72.0 Å². The van der Waals surface area contributed by atoms with Gasteiger partial charge in [0.15, 0.2) is 0 Å². The van der Waals surface area contributed by atoms with Crippen molar-refractivity contribution in [1.82, 2.24) is 5.32 Å². The smallest absolute Gasteiger partial charge is 0.0423 e. The highest BCUT2D eigenvalue weighted by Gasteiger charge is 2.23. The molecule has 0 saturated carbocycles. The van der Waals surface area contributed by atoms with E-state index in [9.17, 15) is 0 Å². The summed E-state index contributed by atoms with van der Waals surface area (Å²) in [5.41, 5.74) is 2.82. The zero-order valence-electron chi connectivity index (χ0n) is 13.8. The number of hydrogen-bond acceptors (Lipinski definition) is 2. The molecule has 1 aromatic rings. The van der Waals surface area contributed by atoms with E-state index >= 15 is 0 Å². The van der Waals surface area contributed by atoms with Crippen LogP contribution >= 0.6 is 15.9 Å². The molecule has 1 N–H and O–H groups in total. The highest BCUT2D eigenvalue weighted by atomic mass is 79.9. The number of anilines is 1. The van der Waals surface area contributed by atoms with Gasteiger partial charge in [0.05, 0.1) is 0 Å². The second kappa shape index (κ2) is 7.64. The first-order chi connectivity index (χ1) is 9.95. The summed E-state index contributed by atoms with van der Waals surface area (Å²) in [6.45, 7) is 13.6. The summed E-state index contributed by atoms with van der Waals surface area (Å²) >= 11 is 3.64. The molecule has 21 heavy (non-hydrogen) atoms. The number of piperidine rings is 1. The molecule has 1 aromatic carbocycles. The Morgan fingerprint density at radius 1 is 1.24 bits per heavy atom. The predicted octanol–water partition coefficient (Wildman–Crippen LogP) is 4.68. The Morgan fingerprint density at radius 2 is 1.90 bits per heavy atom. The lowest BCUT2D eigenvalue weighted by Gasteiger charge is -2.37. The van der Waals surface area contributed by atoms with Crippen molar-refractivity contribution < 1.29 is 0 Å².